The molecule has 0 aliphatic heterocycles. The summed E-state index contributed by atoms with van der Waals surface area (Å²) in [6.07, 6.45) is 3.26. The van der Waals surface area contributed by atoms with Crippen LogP contribution >= 0.6 is 0 Å². The molecule has 0 N–H and O–H groups in total. The summed E-state index contributed by atoms with van der Waals surface area (Å²) in [5.41, 5.74) is 4.98. The van der Waals surface area contributed by atoms with Gasteiger partial charge in [-0.3, -0.25) is 4.57 Å². The van der Waals surface area contributed by atoms with Gasteiger partial charge in [-0.2, -0.15) is 5.10 Å². The highest BCUT2D eigenvalue weighted by Gasteiger charge is 2.16. The molecule has 24 heavy (non-hydrogen) atoms. The lowest BCUT2D eigenvalue weighted by Crippen LogP contribution is -1.99. The number of fused-ring (bicyclic) bond motifs is 3. The van der Waals surface area contributed by atoms with Gasteiger partial charge in [0.05, 0.1) is 11.1 Å². The molecule has 2 aromatic carbocycles. The van der Waals surface area contributed by atoms with Crippen molar-refractivity contribution in [3.63, 3.8) is 0 Å². The maximum atomic E-state index is 4.63. The normalized spacial score (nSPS) is 11.3. The van der Waals surface area contributed by atoms with Gasteiger partial charge in [0.15, 0.2) is 11.3 Å². The molecule has 0 amide bonds. The van der Waals surface area contributed by atoms with E-state index in [1.165, 1.54) is 0 Å². The number of para-hydroxylation sites is 1. The lowest BCUT2D eigenvalue weighted by Gasteiger charge is -2.10. The maximum absolute atomic E-state index is 4.63. The van der Waals surface area contributed by atoms with Crippen LogP contribution in [0.25, 0.3) is 33.6 Å². The Hall–Kier alpha value is -3.47. The van der Waals surface area contributed by atoms with Crippen molar-refractivity contribution in [2.45, 2.75) is 0 Å². The minimum atomic E-state index is 0.812. The van der Waals surface area contributed by atoms with Crippen LogP contribution in [0.5, 0.6) is 0 Å². The number of nitrogens with zero attached hydrogens (tertiary/aromatic N) is 5. The molecule has 0 saturated heterocycles. The summed E-state index contributed by atoms with van der Waals surface area (Å²) in [7, 11) is 0. The first-order valence-corrected chi connectivity index (χ1v) is 7.72. The second-order valence-electron chi connectivity index (χ2n) is 5.58. The SMILES string of the molecule is c1ccc(-c2cc3c(ncn4ncnc34)n2-c2ccccc2)cc1. The van der Waals surface area contributed by atoms with Gasteiger partial charge >= 0.3 is 0 Å². The molecule has 5 heteroatoms. The first kappa shape index (κ1) is 13.0. The maximum Gasteiger partial charge on any atom is 0.168 e. The molecule has 0 atom stereocenters. The molecule has 0 bridgehead atoms. The van der Waals surface area contributed by atoms with E-state index in [1.54, 1.807) is 17.2 Å². The fourth-order valence-electron chi connectivity index (χ4n) is 3.09. The Kier molecular flexibility index (Phi) is 2.72. The van der Waals surface area contributed by atoms with Crippen LogP contribution in [0.3, 0.4) is 0 Å². The van der Waals surface area contributed by atoms with Crippen LogP contribution in [0, 0.1) is 0 Å². The molecule has 0 fully saturated rings. The third kappa shape index (κ3) is 1.85. The van der Waals surface area contributed by atoms with Crippen molar-refractivity contribution in [2.24, 2.45) is 0 Å². The molecule has 5 nitrogen and oxygen atoms in total. The highest BCUT2D eigenvalue weighted by atomic mass is 15.3. The Labute approximate surface area is 137 Å². The molecule has 0 unspecified atom stereocenters. The molecular weight excluding hydrogens is 298 g/mol. The van der Waals surface area contributed by atoms with E-state index in [-0.39, 0.29) is 0 Å². The topological polar surface area (TPSA) is 48.0 Å². The van der Waals surface area contributed by atoms with Gasteiger partial charge in [-0.15, -0.1) is 0 Å². The Morgan fingerprint density at radius 1 is 0.750 bits per heavy atom. The molecule has 3 heterocycles. The molecule has 3 aromatic heterocycles. The third-order valence-corrected chi connectivity index (χ3v) is 4.16. The van der Waals surface area contributed by atoms with Crippen LogP contribution < -0.4 is 0 Å². The van der Waals surface area contributed by atoms with Gasteiger partial charge in [0.1, 0.15) is 12.7 Å². The molecule has 114 valence electrons. The number of aromatic nitrogens is 5. The van der Waals surface area contributed by atoms with E-state index in [2.05, 4.69) is 50.0 Å². The van der Waals surface area contributed by atoms with E-state index in [0.717, 1.165) is 33.6 Å². The zero-order valence-corrected chi connectivity index (χ0v) is 12.7. The minimum absolute atomic E-state index is 0.812. The van der Waals surface area contributed by atoms with E-state index >= 15 is 0 Å². The highest BCUT2D eigenvalue weighted by molar-refractivity contribution is 5.95. The van der Waals surface area contributed by atoms with Gasteiger partial charge in [-0.1, -0.05) is 48.5 Å². The lowest BCUT2D eigenvalue weighted by atomic mass is 10.1. The van der Waals surface area contributed by atoms with E-state index in [4.69, 9.17) is 0 Å². The van der Waals surface area contributed by atoms with Gasteiger partial charge in [-0.25, -0.2) is 14.5 Å². The zero-order valence-electron chi connectivity index (χ0n) is 12.7. The summed E-state index contributed by atoms with van der Waals surface area (Å²) in [4.78, 5) is 9.01. The van der Waals surface area contributed by atoms with Crippen molar-refractivity contribution in [1.82, 2.24) is 24.1 Å². The second-order valence-corrected chi connectivity index (χ2v) is 5.58. The van der Waals surface area contributed by atoms with Crippen molar-refractivity contribution in [1.29, 1.82) is 0 Å². The summed E-state index contributed by atoms with van der Waals surface area (Å²) < 4.78 is 3.87. The van der Waals surface area contributed by atoms with E-state index in [1.807, 2.05) is 36.4 Å². The fraction of sp³-hybridized carbons (Fsp3) is 0. The smallest absolute Gasteiger partial charge is 0.168 e. The Bertz CT molecular complexity index is 1140. The monoisotopic (exact) mass is 311 g/mol. The summed E-state index contributed by atoms with van der Waals surface area (Å²) in [5.74, 6) is 0. The predicted molar refractivity (Wildman–Crippen MR) is 93.1 cm³/mol. The largest absolute Gasteiger partial charge is 0.294 e. The quantitative estimate of drug-likeness (QED) is 0.499. The van der Waals surface area contributed by atoms with Crippen molar-refractivity contribution < 1.29 is 0 Å². The minimum Gasteiger partial charge on any atom is -0.294 e. The van der Waals surface area contributed by atoms with Crippen LogP contribution in [-0.2, 0) is 0 Å². The first-order chi connectivity index (χ1) is 11.9. The zero-order chi connectivity index (χ0) is 15.9. The number of rotatable bonds is 2. The fourth-order valence-corrected chi connectivity index (χ4v) is 3.09. The standard InChI is InChI=1S/C19H13N5/c1-3-7-14(8-4-1)17-11-16-18-20-12-22-23(18)13-21-19(16)24(17)15-9-5-2-6-10-15/h1-13H. The predicted octanol–water partition coefficient (Wildman–Crippen LogP) is 3.74. The van der Waals surface area contributed by atoms with Crippen LogP contribution in [0.1, 0.15) is 0 Å². The first-order valence-electron chi connectivity index (χ1n) is 7.72. The van der Waals surface area contributed by atoms with Crippen molar-refractivity contribution >= 4 is 16.7 Å². The Morgan fingerprint density at radius 3 is 2.29 bits per heavy atom. The Morgan fingerprint density at radius 2 is 1.50 bits per heavy atom. The lowest BCUT2D eigenvalue weighted by molar-refractivity contribution is 0.927. The van der Waals surface area contributed by atoms with Crippen LogP contribution in [-0.4, -0.2) is 24.1 Å². The third-order valence-electron chi connectivity index (χ3n) is 4.16. The molecule has 5 rings (SSSR count). The molecule has 0 radical (unpaired) electrons. The van der Waals surface area contributed by atoms with Gasteiger partial charge in [0.25, 0.3) is 0 Å². The van der Waals surface area contributed by atoms with Crippen LogP contribution in [0.2, 0.25) is 0 Å². The highest BCUT2D eigenvalue weighted by Crippen LogP contribution is 2.31. The van der Waals surface area contributed by atoms with Gasteiger partial charge < -0.3 is 0 Å². The summed E-state index contributed by atoms with van der Waals surface area (Å²) in [6, 6.07) is 22.7. The second kappa shape index (κ2) is 5.03. The molecule has 0 saturated carbocycles. The number of hydrogen-bond acceptors (Lipinski definition) is 3. The van der Waals surface area contributed by atoms with Crippen molar-refractivity contribution in [3.8, 4) is 16.9 Å². The average Bonchev–Trinajstić information content (AvgIpc) is 3.27. The summed E-state index contributed by atoms with van der Waals surface area (Å²) in [5, 5.41) is 5.17. The van der Waals surface area contributed by atoms with Crippen LogP contribution in [0.15, 0.2) is 79.4 Å². The van der Waals surface area contributed by atoms with Crippen molar-refractivity contribution in [3.05, 3.63) is 79.4 Å². The number of benzene rings is 2. The number of hydrogen-bond donors (Lipinski definition) is 0. The van der Waals surface area contributed by atoms with E-state index in [0.29, 0.717) is 0 Å². The molecule has 0 aliphatic rings. The summed E-state index contributed by atoms with van der Waals surface area (Å²) in [6.45, 7) is 0. The van der Waals surface area contributed by atoms with E-state index in [9.17, 15) is 0 Å². The van der Waals surface area contributed by atoms with E-state index < -0.39 is 0 Å². The molecular formula is C19H13N5. The Balaban J connectivity index is 1.93. The molecule has 5 aromatic rings. The van der Waals surface area contributed by atoms with Gasteiger partial charge in [0.2, 0.25) is 0 Å². The average molecular weight is 311 g/mol. The molecule has 0 spiro atoms. The molecule has 0 aliphatic carbocycles. The summed E-state index contributed by atoms with van der Waals surface area (Å²) >= 11 is 0. The van der Waals surface area contributed by atoms with Crippen LogP contribution in [0.4, 0.5) is 0 Å². The van der Waals surface area contributed by atoms with Gasteiger partial charge in [-0.05, 0) is 23.8 Å². The van der Waals surface area contributed by atoms with Gasteiger partial charge in [0, 0.05) is 5.69 Å². The van der Waals surface area contributed by atoms with Crippen molar-refractivity contribution in [2.75, 3.05) is 0 Å².